The summed E-state index contributed by atoms with van der Waals surface area (Å²) in [6.07, 6.45) is -0.0185. The highest BCUT2D eigenvalue weighted by Gasteiger charge is 2.31. The highest BCUT2D eigenvalue weighted by atomic mass is 16.7. The quantitative estimate of drug-likeness (QED) is 0.448. The molecule has 0 aliphatic carbocycles. The van der Waals surface area contributed by atoms with E-state index in [1.54, 1.807) is 0 Å². The maximum absolute atomic E-state index is 5.32. The lowest BCUT2D eigenvalue weighted by Gasteiger charge is -2.14. The van der Waals surface area contributed by atoms with Gasteiger partial charge in [0.2, 0.25) is 0 Å². The zero-order valence-corrected chi connectivity index (χ0v) is 6.59. The minimum Gasteiger partial charge on any atom is -0.351 e. The highest BCUT2D eigenvalue weighted by Crippen LogP contribution is 2.09. The molecular weight excluding hydrogens is 130 g/mol. The molecule has 0 amide bonds. The van der Waals surface area contributed by atoms with Crippen LogP contribution in [0.4, 0.5) is 0 Å². The summed E-state index contributed by atoms with van der Waals surface area (Å²) >= 11 is 0. The molecule has 0 saturated carbocycles. The second kappa shape index (κ2) is 3.91. The first-order valence-electron chi connectivity index (χ1n) is 3.85. The van der Waals surface area contributed by atoms with Gasteiger partial charge in [0.25, 0.3) is 0 Å². The molecule has 0 aromatic carbocycles. The fourth-order valence-corrected chi connectivity index (χ4v) is 0.869. The van der Waals surface area contributed by atoms with Crippen LogP contribution in [-0.4, -0.2) is 32.1 Å². The molecule has 1 aliphatic heterocycles. The van der Waals surface area contributed by atoms with Crippen LogP contribution in [0.15, 0.2) is 0 Å². The first-order chi connectivity index (χ1) is 4.88. The maximum atomic E-state index is 5.32. The Bertz CT molecular complexity index is 87.6. The van der Waals surface area contributed by atoms with Crippen LogP contribution >= 0.6 is 0 Å². The van der Waals surface area contributed by atoms with Crippen molar-refractivity contribution >= 4 is 0 Å². The summed E-state index contributed by atoms with van der Waals surface area (Å²) in [6.45, 7) is 6.44. The van der Waals surface area contributed by atoms with Gasteiger partial charge in [0.05, 0.1) is 6.04 Å². The van der Waals surface area contributed by atoms with E-state index in [4.69, 9.17) is 9.47 Å². The van der Waals surface area contributed by atoms with Crippen LogP contribution in [0.1, 0.15) is 13.8 Å². The Hall–Kier alpha value is -0.120. The molecule has 1 N–H and O–H groups in total. The fourth-order valence-electron chi connectivity index (χ4n) is 0.869. The molecule has 0 bridgehead atoms. The molecule has 10 heavy (non-hydrogen) atoms. The number of hydrogen-bond acceptors (Lipinski definition) is 3. The molecule has 0 radical (unpaired) electrons. The molecule has 3 nitrogen and oxygen atoms in total. The summed E-state index contributed by atoms with van der Waals surface area (Å²) in [4.78, 5) is 0. The molecule has 0 aromatic heterocycles. The lowest BCUT2D eigenvalue weighted by molar-refractivity contribution is -0.135. The van der Waals surface area contributed by atoms with Gasteiger partial charge < -0.3 is 14.8 Å². The van der Waals surface area contributed by atoms with Gasteiger partial charge in [-0.05, 0) is 13.8 Å². The van der Waals surface area contributed by atoms with Crippen molar-refractivity contribution in [2.24, 2.45) is 0 Å². The third kappa shape index (κ3) is 2.25. The number of ether oxygens (including phenoxy) is 2. The predicted octanol–water partition coefficient (Wildman–Crippen LogP) is 0.357. The zero-order valence-electron chi connectivity index (χ0n) is 6.59. The average Bonchev–Trinajstić information content (AvgIpc) is 2.69. The molecule has 1 atom stereocenters. The smallest absolute Gasteiger partial charge is 0.173 e. The number of rotatable bonds is 5. The van der Waals surface area contributed by atoms with Crippen molar-refractivity contribution < 1.29 is 9.47 Å². The molecule has 1 saturated heterocycles. The SMILES string of the molecule is CCOC(OCC)C1CN1. The normalized spacial score (nSPS) is 23.7. The van der Waals surface area contributed by atoms with Crippen molar-refractivity contribution in [1.82, 2.24) is 5.32 Å². The first kappa shape index (κ1) is 7.98. The molecule has 60 valence electrons. The molecule has 1 aliphatic rings. The summed E-state index contributed by atoms with van der Waals surface area (Å²) in [6, 6.07) is 0.444. The van der Waals surface area contributed by atoms with Gasteiger partial charge in [-0.15, -0.1) is 0 Å². The predicted molar refractivity (Wildman–Crippen MR) is 38.8 cm³/mol. The van der Waals surface area contributed by atoms with Crippen LogP contribution in [0.25, 0.3) is 0 Å². The zero-order chi connectivity index (χ0) is 7.40. The van der Waals surface area contributed by atoms with Crippen molar-refractivity contribution in [3.05, 3.63) is 0 Å². The van der Waals surface area contributed by atoms with Crippen LogP contribution in [0.5, 0.6) is 0 Å². The molecule has 3 heteroatoms. The van der Waals surface area contributed by atoms with Crippen LogP contribution in [-0.2, 0) is 9.47 Å². The Kier molecular flexibility index (Phi) is 3.12. The van der Waals surface area contributed by atoms with Gasteiger partial charge in [-0.1, -0.05) is 0 Å². The van der Waals surface area contributed by atoms with E-state index >= 15 is 0 Å². The molecule has 1 heterocycles. The van der Waals surface area contributed by atoms with Crippen LogP contribution < -0.4 is 5.32 Å². The van der Waals surface area contributed by atoms with Crippen molar-refractivity contribution in [3.8, 4) is 0 Å². The van der Waals surface area contributed by atoms with Crippen molar-refractivity contribution in [2.75, 3.05) is 19.8 Å². The third-order valence-electron chi connectivity index (χ3n) is 1.43. The van der Waals surface area contributed by atoms with Crippen molar-refractivity contribution in [1.29, 1.82) is 0 Å². The summed E-state index contributed by atoms with van der Waals surface area (Å²) in [5.74, 6) is 0. The second-order valence-corrected chi connectivity index (χ2v) is 2.29. The van der Waals surface area contributed by atoms with Crippen molar-refractivity contribution in [3.63, 3.8) is 0 Å². The van der Waals surface area contributed by atoms with Gasteiger partial charge in [-0.25, -0.2) is 0 Å². The molecule has 1 fully saturated rings. The van der Waals surface area contributed by atoms with E-state index < -0.39 is 0 Å². The van der Waals surface area contributed by atoms with E-state index in [-0.39, 0.29) is 6.29 Å². The van der Waals surface area contributed by atoms with Crippen molar-refractivity contribution in [2.45, 2.75) is 26.2 Å². The van der Waals surface area contributed by atoms with Crippen LogP contribution in [0, 0.1) is 0 Å². The Morgan fingerprint density at radius 3 is 2.20 bits per heavy atom. The first-order valence-corrected chi connectivity index (χ1v) is 3.85. The molecule has 1 rings (SSSR count). The van der Waals surface area contributed by atoms with Gasteiger partial charge >= 0.3 is 0 Å². The summed E-state index contributed by atoms with van der Waals surface area (Å²) in [5.41, 5.74) is 0. The van der Waals surface area contributed by atoms with Gasteiger partial charge in [0, 0.05) is 19.8 Å². The van der Waals surface area contributed by atoms with Gasteiger partial charge in [-0.2, -0.15) is 0 Å². The number of nitrogens with one attached hydrogen (secondary N) is 1. The largest absolute Gasteiger partial charge is 0.351 e. The van der Waals surface area contributed by atoms with Gasteiger partial charge in [0.1, 0.15) is 0 Å². The minimum atomic E-state index is -0.0185. The monoisotopic (exact) mass is 145 g/mol. The Morgan fingerprint density at radius 2 is 1.90 bits per heavy atom. The van der Waals surface area contributed by atoms with E-state index in [0.29, 0.717) is 6.04 Å². The molecule has 0 spiro atoms. The average molecular weight is 145 g/mol. The highest BCUT2D eigenvalue weighted by molar-refractivity contribution is 4.86. The second-order valence-electron chi connectivity index (χ2n) is 2.29. The maximum Gasteiger partial charge on any atom is 0.173 e. The Labute approximate surface area is 61.7 Å². The molecular formula is C7H15NO2. The van der Waals surface area contributed by atoms with Crippen LogP contribution in [0.2, 0.25) is 0 Å². The van der Waals surface area contributed by atoms with Crippen LogP contribution in [0.3, 0.4) is 0 Å². The Morgan fingerprint density at radius 1 is 1.40 bits per heavy atom. The third-order valence-corrected chi connectivity index (χ3v) is 1.43. The minimum absolute atomic E-state index is 0.0185. The molecule has 1 unspecified atom stereocenters. The topological polar surface area (TPSA) is 40.4 Å². The standard InChI is InChI=1S/C7H15NO2/c1-3-9-7(10-4-2)6-5-8-6/h6-8H,3-5H2,1-2H3. The Balaban J connectivity index is 2.13. The lowest BCUT2D eigenvalue weighted by atomic mass is 10.4. The number of hydrogen-bond donors (Lipinski definition) is 1. The van der Waals surface area contributed by atoms with E-state index in [2.05, 4.69) is 5.32 Å². The van der Waals surface area contributed by atoms with Gasteiger partial charge in [0.15, 0.2) is 6.29 Å². The summed E-state index contributed by atoms with van der Waals surface area (Å²) < 4.78 is 10.6. The fraction of sp³-hybridized carbons (Fsp3) is 1.00. The van der Waals surface area contributed by atoms with Gasteiger partial charge in [-0.3, -0.25) is 0 Å². The van der Waals surface area contributed by atoms with E-state index in [1.807, 2.05) is 13.8 Å². The summed E-state index contributed by atoms with van der Waals surface area (Å²) in [7, 11) is 0. The summed E-state index contributed by atoms with van der Waals surface area (Å²) in [5, 5.41) is 3.15. The lowest BCUT2D eigenvalue weighted by Crippen LogP contribution is -2.25. The van der Waals surface area contributed by atoms with E-state index in [0.717, 1.165) is 19.8 Å². The van der Waals surface area contributed by atoms with E-state index in [1.165, 1.54) is 0 Å². The molecule has 0 aromatic rings. The van der Waals surface area contributed by atoms with E-state index in [9.17, 15) is 0 Å².